The number of allylic oxidation sites excluding steroid dienone is 2. The Kier molecular flexibility index (Phi) is 16.1. The van der Waals surface area contributed by atoms with Gasteiger partial charge in [0.2, 0.25) is 11.8 Å². The van der Waals surface area contributed by atoms with E-state index < -0.39 is 58.2 Å². The van der Waals surface area contributed by atoms with Gasteiger partial charge in [0.25, 0.3) is 11.8 Å². The van der Waals surface area contributed by atoms with Gasteiger partial charge in [-0.2, -0.15) is 0 Å². The Morgan fingerprint density at radius 3 is 1.59 bits per heavy atom. The van der Waals surface area contributed by atoms with Crippen molar-refractivity contribution in [2.75, 3.05) is 37.9 Å². The number of ether oxygens (including phenoxy) is 6. The lowest BCUT2D eigenvalue weighted by atomic mass is 9.77. The van der Waals surface area contributed by atoms with Gasteiger partial charge in [-0.3, -0.25) is 29.0 Å². The molecule has 4 unspecified atom stereocenters. The number of thioether (sulfide) groups is 2. The summed E-state index contributed by atoms with van der Waals surface area (Å²) in [6.45, 7) is 6.98. The fraction of sp³-hybridized carbons (Fsp3) is 0.224. The molecule has 5 aromatic rings. The van der Waals surface area contributed by atoms with Gasteiger partial charge in [0.15, 0.2) is 5.60 Å². The number of benzene rings is 3. The SMILES string of the molecule is C=CCOC(=O)C1=C(C=CCOc2cc3c(cc2Cl)C2(OC(=O)c4ccccc42)c2cc(Cl)c(OCC=CC4=C(C(=O)OCC=C)N5C(=O)C(NC(=O)Cc6cccs6)C5SC4)cc2O3)CSC2C(NC(=O)Cc3cccs3)C(=O)N12. The van der Waals surface area contributed by atoms with Gasteiger partial charge in [-0.05, 0) is 64.4 Å². The highest BCUT2D eigenvalue weighted by Crippen LogP contribution is 2.59. The highest BCUT2D eigenvalue weighted by molar-refractivity contribution is 8.00. The molecule has 2 aromatic heterocycles. The third kappa shape index (κ3) is 10.6. The van der Waals surface area contributed by atoms with Gasteiger partial charge in [0, 0.05) is 50.1 Å². The van der Waals surface area contributed by atoms with E-state index in [0.29, 0.717) is 44.9 Å². The zero-order valence-electron chi connectivity index (χ0n) is 42.5. The number of amides is 4. The molecule has 11 rings (SSSR count). The van der Waals surface area contributed by atoms with Crippen molar-refractivity contribution in [1.29, 1.82) is 0 Å². The number of nitrogens with one attached hydrogen (secondary N) is 2. The van der Waals surface area contributed by atoms with Crippen LogP contribution in [0.2, 0.25) is 10.0 Å². The smallest absolute Gasteiger partial charge is 0.355 e. The van der Waals surface area contributed by atoms with Crippen LogP contribution in [-0.4, -0.2) is 112 Å². The van der Waals surface area contributed by atoms with Crippen LogP contribution >= 0.6 is 69.4 Å². The summed E-state index contributed by atoms with van der Waals surface area (Å²) in [5.74, 6) is -1.99. The average Bonchev–Trinajstić information content (AvgIpc) is 3.97. The number of β-lactam (4-membered cyclic amide) rings is 2. The Hall–Kier alpha value is -7.53. The first kappa shape index (κ1) is 55.4. The van der Waals surface area contributed by atoms with Gasteiger partial charge in [-0.1, -0.05) is 91.0 Å². The zero-order valence-corrected chi connectivity index (χ0v) is 47.3. The van der Waals surface area contributed by atoms with E-state index in [4.69, 9.17) is 51.6 Å². The van der Waals surface area contributed by atoms with Crippen LogP contribution < -0.4 is 24.8 Å². The third-order valence-corrected chi connectivity index (χ3v) is 18.6. The fourth-order valence-electron chi connectivity index (χ4n) is 10.1. The van der Waals surface area contributed by atoms with Crippen LogP contribution in [-0.2, 0) is 61.4 Å². The van der Waals surface area contributed by atoms with Crippen LogP contribution in [0.3, 0.4) is 0 Å². The molecule has 6 aliphatic rings. The van der Waals surface area contributed by atoms with Crippen LogP contribution in [0.15, 0.2) is 156 Å². The molecule has 4 amide bonds. The Labute approximate surface area is 490 Å². The van der Waals surface area contributed by atoms with Crippen molar-refractivity contribution in [3.63, 3.8) is 0 Å². The molecule has 0 radical (unpaired) electrons. The summed E-state index contributed by atoms with van der Waals surface area (Å²) in [4.78, 5) is 97.9. The second kappa shape index (κ2) is 23.5. The van der Waals surface area contributed by atoms with E-state index >= 15 is 0 Å². The van der Waals surface area contributed by atoms with Gasteiger partial charge in [0.05, 0.1) is 28.5 Å². The molecule has 17 nitrogen and oxygen atoms in total. The summed E-state index contributed by atoms with van der Waals surface area (Å²) < 4.78 is 36.2. The van der Waals surface area contributed by atoms with Crippen molar-refractivity contribution >= 4 is 111 Å². The maximum absolute atomic E-state index is 13.7. The number of carbonyl (C=O) groups is 7. The Bertz CT molecular complexity index is 3380. The number of fused-ring (bicyclic) bond motifs is 8. The van der Waals surface area contributed by atoms with Crippen LogP contribution in [0.1, 0.15) is 36.8 Å². The molecule has 8 heterocycles. The second-order valence-electron chi connectivity index (χ2n) is 18.6. The van der Waals surface area contributed by atoms with E-state index in [1.807, 2.05) is 35.0 Å². The first-order valence-electron chi connectivity index (χ1n) is 25.1. The minimum Gasteiger partial charge on any atom is -0.488 e. The Morgan fingerprint density at radius 2 is 1.14 bits per heavy atom. The van der Waals surface area contributed by atoms with Crippen molar-refractivity contribution in [3.8, 4) is 23.0 Å². The molecule has 0 aliphatic carbocycles. The summed E-state index contributed by atoms with van der Waals surface area (Å²) in [5, 5.41) is 8.67. The van der Waals surface area contributed by atoms with Crippen LogP contribution in [0, 0.1) is 0 Å². The molecule has 1 spiro atoms. The molecular weight excluding hydrogens is 1160 g/mol. The van der Waals surface area contributed by atoms with E-state index in [2.05, 4.69) is 23.8 Å². The minimum absolute atomic E-state index is 0.0574. The lowest BCUT2D eigenvalue weighted by Gasteiger charge is -2.49. The average molecular weight is 1210 g/mol. The predicted molar refractivity (Wildman–Crippen MR) is 306 cm³/mol. The Morgan fingerprint density at radius 1 is 0.654 bits per heavy atom. The van der Waals surface area contributed by atoms with Crippen LogP contribution in [0.25, 0.3) is 0 Å². The topological polar surface area (TPSA) is 205 Å². The largest absolute Gasteiger partial charge is 0.488 e. The minimum atomic E-state index is -1.57. The van der Waals surface area contributed by atoms with E-state index in [9.17, 15) is 33.6 Å². The van der Waals surface area contributed by atoms with Gasteiger partial charge in [-0.15, -0.1) is 46.2 Å². The summed E-state index contributed by atoms with van der Waals surface area (Å²) in [5.41, 5.74) is 1.18. The first-order valence-corrected chi connectivity index (χ1v) is 29.7. The number of carbonyl (C=O) groups excluding carboxylic acids is 7. The molecule has 6 aliphatic heterocycles. The number of hydrogen-bond acceptors (Lipinski definition) is 17. The maximum atomic E-state index is 13.7. The summed E-state index contributed by atoms with van der Waals surface area (Å²) >= 11 is 19.7. The molecule has 2 saturated heterocycles. The highest BCUT2D eigenvalue weighted by Gasteiger charge is 2.57. The monoisotopic (exact) mass is 1200 g/mol. The number of halogens is 2. The molecule has 0 saturated carbocycles. The molecule has 23 heteroatoms. The van der Waals surface area contributed by atoms with Gasteiger partial charge in [0.1, 0.15) is 83.7 Å². The first-order chi connectivity index (χ1) is 39.3. The van der Waals surface area contributed by atoms with Crippen LogP contribution in [0.5, 0.6) is 23.0 Å². The number of hydrogen-bond donors (Lipinski definition) is 2. The van der Waals surface area contributed by atoms with Gasteiger partial charge >= 0.3 is 17.9 Å². The van der Waals surface area contributed by atoms with E-state index in [1.165, 1.54) is 68.1 Å². The molecule has 4 atom stereocenters. The Balaban J connectivity index is 0.817. The van der Waals surface area contributed by atoms with Gasteiger partial charge < -0.3 is 39.1 Å². The van der Waals surface area contributed by atoms with Gasteiger partial charge in [-0.25, -0.2) is 14.4 Å². The highest BCUT2D eigenvalue weighted by atomic mass is 35.5. The summed E-state index contributed by atoms with van der Waals surface area (Å²) in [6, 6.07) is 19.1. The van der Waals surface area contributed by atoms with E-state index in [1.54, 1.807) is 72.8 Å². The molecule has 2 N–H and O–H groups in total. The maximum Gasteiger partial charge on any atom is 0.355 e. The van der Waals surface area contributed by atoms with Crippen molar-refractivity contribution in [1.82, 2.24) is 20.4 Å². The van der Waals surface area contributed by atoms with Crippen molar-refractivity contribution in [2.24, 2.45) is 0 Å². The standard InChI is InChI=1S/C58H46Cl2N4O13S4/c1-3-17-74-56(70)49-31(29-80-53-47(51(67)63(49)53)61-45(65)23-33-13-9-21-78-33)11-7-19-72-43-27-41-37(25-39(43)59)58(36-16-6-5-15-35(36)55(69)77-58)38-26-40(60)44(28-42(38)76-41)73-20-8-12-32-30-81-54-48(62-46(66)24-34-14-10-22-79-34)52(68)64(54)50(32)57(71)75-18-4-2/h3-16,21-22,25-28,47-48,53-54H,1-2,17-20,23-24,29-30H2,(H,61,65)(H,62,66). The normalized spacial score (nSPS) is 21.2. The number of rotatable bonds is 20. The molecule has 414 valence electrons. The molecule has 2 fully saturated rings. The number of esters is 3. The second-order valence-corrected chi connectivity index (χ2v) is 23.7. The predicted octanol–water partition coefficient (Wildman–Crippen LogP) is 8.81. The fourth-order valence-corrected chi connectivity index (χ4v) is 14.5. The van der Waals surface area contributed by atoms with E-state index in [-0.39, 0.29) is 95.5 Å². The van der Waals surface area contributed by atoms with Crippen LogP contribution in [0.4, 0.5) is 0 Å². The molecule has 81 heavy (non-hydrogen) atoms. The summed E-state index contributed by atoms with van der Waals surface area (Å²) in [6.07, 6.45) is 9.78. The lowest BCUT2D eigenvalue weighted by Crippen LogP contribution is -2.70. The molecule has 3 aromatic carbocycles. The number of nitrogens with zero attached hydrogens (tertiary/aromatic N) is 2. The zero-order chi connectivity index (χ0) is 56.5. The third-order valence-electron chi connectivity index (χ3n) is 13.6. The summed E-state index contributed by atoms with van der Waals surface area (Å²) in [7, 11) is 0. The number of thiophene rings is 2. The van der Waals surface area contributed by atoms with E-state index in [0.717, 1.165) is 9.75 Å². The van der Waals surface area contributed by atoms with Crippen molar-refractivity contribution in [3.05, 3.63) is 198 Å². The quantitative estimate of drug-likeness (QED) is 0.0323. The molecular formula is C58H46Cl2N4O13S4. The lowest BCUT2D eigenvalue weighted by molar-refractivity contribution is -0.152. The van der Waals surface area contributed by atoms with Crippen molar-refractivity contribution < 1.29 is 62.0 Å². The molecule has 0 bridgehead atoms. The van der Waals surface area contributed by atoms with Crippen molar-refractivity contribution in [2.45, 2.75) is 41.3 Å².